The number of hydrogen-bond donors (Lipinski definition) is 0. The first kappa shape index (κ1) is 17.1. The quantitative estimate of drug-likeness (QED) is 0.771. The van der Waals surface area contributed by atoms with Gasteiger partial charge in [-0.05, 0) is 25.0 Å². The number of carbonyl (C=O) groups excluding carboxylic acids is 1. The maximum absolute atomic E-state index is 12.8. The standard InChI is InChI=1S/C18H22N4O4/c23-18(16-7-4-8-24-16)21(13-17-25-9-10-26-17)11-14-12-22(20-19-14)15-5-2-1-3-6-15/h1-3,5-6,12,16-17H,4,7-11,13H2/t16-/m1/s1. The van der Waals surface area contributed by atoms with E-state index in [1.165, 1.54) is 0 Å². The number of hydrogen-bond acceptors (Lipinski definition) is 6. The molecule has 3 heterocycles. The Balaban J connectivity index is 1.48. The monoisotopic (exact) mass is 358 g/mol. The summed E-state index contributed by atoms with van der Waals surface area (Å²) >= 11 is 0. The van der Waals surface area contributed by atoms with Crippen LogP contribution in [0.5, 0.6) is 0 Å². The molecule has 2 aromatic rings. The highest BCUT2D eigenvalue weighted by Crippen LogP contribution is 2.18. The van der Waals surface area contributed by atoms with E-state index in [0.717, 1.165) is 18.5 Å². The molecule has 1 aromatic carbocycles. The lowest BCUT2D eigenvalue weighted by molar-refractivity contribution is -0.147. The van der Waals surface area contributed by atoms with Gasteiger partial charge < -0.3 is 19.1 Å². The second-order valence-electron chi connectivity index (χ2n) is 6.38. The van der Waals surface area contributed by atoms with E-state index in [4.69, 9.17) is 14.2 Å². The molecular formula is C18H22N4O4. The fourth-order valence-corrected chi connectivity index (χ4v) is 3.17. The molecule has 1 atom stereocenters. The zero-order valence-corrected chi connectivity index (χ0v) is 14.5. The summed E-state index contributed by atoms with van der Waals surface area (Å²) in [5.41, 5.74) is 1.63. The first-order chi connectivity index (χ1) is 12.8. The van der Waals surface area contributed by atoms with Crippen molar-refractivity contribution in [3.63, 3.8) is 0 Å². The van der Waals surface area contributed by atoms with Crippen LogP contribution in [0.15, 0.2) is 36.5 Å². The highest BCUT2D eigenvalue weighted by molar-refractivity contribution is 5.81. The molecule has 138 valence electrons. The van der Waals surface area contributed by atoms with Crippen LogP contribution < -0.4 is 0 Å². The van der Waals surface area contributed by atoms with Gasteiger partial charge in [0, 0.05) is 6.61 Å². The number of carbonyl (C=O) groups is 1. The van der Waals surface area contributed by atoms with Gasteiger partial charge in [-0.15, -0.1) is 5.10 Å². The summed E-state index contributed by atoms with van der Waals surface area (Å²) in [5, 5.41) is 8.38. The molecule has 1 aromatic heterocycles. The molecule has 2 fully saturated rings. The van der Waals surface area contributed by atoms with Crippen molar-refractivity contribution in [2.24, 2.45) is 0 Å². The zero-order chi connectivity index (χ0) is 17.8. The number of nitrogens with zero attached hydrogens (tertiary/aromatic N) is 4. The Labute approximate surface area is 151 Å². The van der Waals surface area contributed by atoms with Crippen molar-refractivity contribution in [1.29, 1.82) is 0 Å². The van der Waals surface area contributed by atoms with Crippen molar-refractivity contribution >= 4 is 5.91 Å². The lowest BCUT2D eigenvalue weighted by atomic mass is 10.2. The first-order valence-electron chi connectivity index (χ1n) is 8.90. The van der Waals surface area contributed by atoms with Crippen LogP contribution in [0.3, 0.4) is 0 Å². The topological polar surface area (TPSA) is 78.7 Å². The highest BCUT2D eigenvalue weighted by Gasteiger charge is 2.31. The molecular weight excluding hydrogens is 336 g/mol. The van der Waals surface area contributed by atoms with E-state index < -0.39 is 6.29 Å². The van der Waals surface area contributed by atoms with Gasteiger partial charge in [0.05, 0.1) is 38.2 Å². The Hall–Kier alpha value is -2.29. The van der Waals surface area contributed by atoms with E-state index in [-0.39, 0.29) is 12.0 Å². The molecule has 2 aliphatic heterocycles. The molecule has 26 heavy (non-hydrogen) atoms. The van der Waals surface area contributed by atoms with Gasteiger partial charge in [-0.1, -0.05) is 23.4 Å². The molecule has 4 rings (SSSR count). The third-order valence-electron chi connectivity index (χ3n) is 4.49. The van der Waals surface area contributed by atoms with Gasteiger partial charge in [0.15, 0.2) is 6.29 Å². The van der Waals surface area contributed by atoms with Crippen molar-refractivity contribution in [2.75, 3.05) is 26.4 Å². The number of para-hydroxylation sites is 1. The summed E-state index contributed by atoms with van der Waals surface area (Å²) in [6.07, 6.45) is 2.70. The van der Waals surface area contributed by atoms with E-state index in [1.54, 1.807) is 9.58 Å². The number of rotatable bonds is 6. The van der Waals surface area contributed by atoms with Crippen LogP contribution in [0.2, 0.25) is 0 Å². The maximum atomic E-state index is 12.8. The van der Waals surface area contributed by atoms with Gasteiger partial charge in [-0.3, -0.25) is 4.79 Å². The van der Waals surface area contributed by atoms with Gasteiger partial charge in [0.25, 0.3) is 5.91 Å². The average Bonchev–Trinajstić information content (AvgIpc) is 3.44. The average molecular weight is 358 g/mol. The first-order valence-corrected chi connectivity index (χ1v) is 8.90. The Morgan fingerprint density at radius 2 is 1.96 bits per heavy atom. The maximum Gasteiger partial charge on any atom is 0.252 e. The normalized spacial score (nSPS) is 20.5. The van der Waals surface area contributed by atoms with Crippen LogP contribution in [0, 0.1) is 0 Å². The largest absolute Gasteiger partial charge is 0.368 e. The van der Waals surface area contributed by atoms with Crippen molar-refractivity contribution in [2.45, 2.75) is 31.8 Å². The van der Waals surface area contributed by atoms with Crippen LogP contribution in [0.25, 0.3) is 5.69 Å². The highest BCUT2D eigenvalue weighted by atomic mass is 16.7. The summed E-state index contributed by atoms with van der Waals surface area (Å²) in [4.78, 5) is 14.5. The van der Waals surface area contributed by atoms with E-state index in [9.17, 15) is 4.79 Å². The fraction of sp³-hybridized carbons (Fsp3) is 0.500. The molecule has 0 unspecified atom stereocenters. The molecule has 0 N–H and O–H groups in total. The molecule has 0 bridgehead atoms. The summed E-state index contributed by atoms with van der Waals surface area (Å²) in [5.74, 6) is -0.0455. The molecule has 0 radical (unpaired) electrons. The number of benzene rings is 1. The number of amides is 1. The Morgan fingerprint density at radius 1 is 1.15 bits per heavy atom. The third kappa shape index (κ3) is 3.92. The van der Waals surface area contributed by atoms with E-state index in [0.29, 0.717) is 38.6 Å². The smallest absolute Gasteiger partial charge is 0.252 e. The van der Waals surface area contributed by atoms with Crippen molar-refractivity contribution in [1.82, 2.24) is 19.9 Å². The van der Waals surface area contributed by atoms with Crippen LogP contribution in [0.4, 0.5) is 0 Å². The number of ether oxygens (including phenoxy) is 3. The van der Waals surface area contributed by atoms with Crippen LogP contribution >= 0.6 is 0 Å². The van der Waals surface area contributed by atoms with Gasteiger partial charge in [-0.2, -0.15) is 0 Å². The lowest BCUT2D eigenvalue weighted by Crippen LogP contribution is -2.43. The molecule has 8 heteroatoms. The van der Waals surface area contributed by atoms with Crippen molar-refractivity contribution in [3.05, 3.63) is 42.2 Å². The minimum Gasteiger partial charge on any atom is -0.368 e. The van der Waals surface area contributed by atoms with E-state index in [2.05, 4.69) is 10.3 Å². The summed E-state index contributed by atoms with van der Waals surface area (Å²) < 4.78 is 18.3. The summed E-state index contributed by atoms with van der Waals surface area (Å²) in [6, 6.07) is 9.74. The second-order valence-corrected chi connectivity index (χ2v) is 6.38. The van der Waals surface area contributed by atoms with Crippen molar-refractivity contribution in [3.8, 4) is 5.69 Å². The Bertz CT molecular complexity index is 724. The SMILES string of the molecule is O=C([C@H]1CCCO1)N(Cc1cn(-c2ccccc2)nn1)CC1OCCO1. The van der Waals surface area contributed by atoms with Crippen LogP contribution in [-0.4, -0.2) is 64.6 Å². The van der Waals surface area contributed by atoms with Crippen LogP contribution in [0.1, 0.15) is 18.5 Å². The van der Waals surface area contributed by atoms with E-state index >= 15 is 0 Å². The number of aromatic nitrogens is 3. The molecule has 0 saturated carbocycles. The molecule has 0 aliphatic carbocycles. The van der Waals surface area contributed by atoms with Crippen molar-refractivity contribution < 1.29 is 19.0 Å². The minimum absolute atomic E-state index is 0.0455. The Morgan fingerprint density at radius 3 is 2.69 bits per heavy atom. The van der Waals surface area contributed by atoms with Gasteiger partial charge in [0.2, 0.25) is 0 Å². The molecule has 1 amide bonds. The summed E-state index contributed by atoms with van der Waals surface area (Å²) in [6.45, 7) is 2.43. The molecule has 2 aliphatic rings. The van der Waals surface area contributed by atoms with Gasteiger partial charge in [0.1, 0.15) is 11.8 Å². The molecule has 8 nitrogen and oxygen atoms in total. The van der Waals surface area contributed by atoms with Crippen LogP contribution in [-0.2, 0) is 25.5 Å². The fourth-order valence-electron chi connectivity index (χ4n) is 3.17. The predicted molar refractivity (Wildman–Crippen MR) is 91.4 cm³/mol. The minimum atomic E-state index is -0.399. The second kappa shape index (κ2) is 7.94. The molecule has 2 saturated heterocycles. The summed E-state index contributed by atoms with van der Waals surface area (Å²) in [7, 11) is 0. The van der Waals surface area contributed by atoms with E-state index in [1.807, 2.05) is 36.5 Å². The lowest BCUT2D eigenvalue weighted by Gasteiger charge is -2.26. The molecule has 0 spiro atoms. The van der Waals surface area contributed by atoms with Gasteiger partial charge in [-0.25, -0.2) is 4.68 Å². The van der Waals surface area contributed by atoms with Gasteiger partial charge >= 0.3 is 0 Å². The zero-order valence-electron chi connectivity index (χ0n) is 14.5. The predicted octanol–water partition coefficient (Wildman–Crippen LogP) is 1.15. The third-order valence-corrected chi connectivity index (χ3v) is 4.49. The Kier molecular flexibility index (Phi) is 5.24.